The first-order valence-electron chi connectivity index (χ1n) is 6.49. The number of carbonyl (C=O) groups is 2. The van der Waals surface area contributed by atoms with Gasteiger partial charge in [-0.3, -0.25) is 4.79 Å². The molecule has 0 aromatic carbocycles. The van der Waals surface area contributed by atoms with Gasteiger partial charge >= 0.3 is 12.0 Å². The summed E-state index contributed by atoms with van der Waals surface area (Å²) in [6.07, 6.45) is 2.46. The van der Waals surface area contributed by atoms with E-state index in [1.807, 2.05) is 40.7 Å². The van der Waals surface area contributed by atoms with E-state index in [0.29, 0.717) is 13.0 Å². The van der Waals surface area contributed by atoms with Crippen LogP contribution in [0.3, 0.4) is 0 Å². The van der Waals surface area contributed by atoms with Crippen molar-refractivity contribution < 1.29 is 14.7 Å². The summed E-state index contributed by atoms with van der Waals surface area (Å²) >= 11 is 0. The first kappa shape index (κ1) is 17.5. The molecule has 0 aromatic heterocycles. The lowest BCUT2D eigenvalue weighted by Gasteiger charge is -2.25. The average Bonchev–Trinajstić information content (AvgIpc) is 2.12. The summed E-state index contributed by atoms with van der Waals surface area (Å²) in [6, 6.07) is -0.683. The fraction of sp³-hybridized carbons (Fsp3) is 0.714. The van der Waals surface area contributed by atoms with E-state index < -0.39 is 5.97 Å². The van der Waals surface area contributed by atoms with Gasteiger partial charge in [0.1, 0.15) is 0 Å². The van der Waals surface area contributed by atoms with Gasteiger partial charge in [-0.1, -0.05) is 32.4 Å². The fourth-order valence-corrected chi connectivity index (χ4v) is 1.71. The number of aliphatic carboxylic acids is 1. The van der Waals surface area contributed by atoms with Gasteiger partial charge in [0.25, 0.3) is 0 Å². The van der Waals surface area contributed by atoms with Crippen LogP contribution in [-0.2, 0) is 4.79 Å². The highest BCUT2D eigenvalue weighted by atomic mass is 16.4. The van der Waals surface area contributed by atoms with Gasteiger partial charge < -0.3 is 15.7 Å². The van der Waals surface area contributed by atoms with Crippen LogP contribution in [0.2, 0.25) is 0 Å². The molecule has 3 N–H and O–H groups in total. The van der Waals surface area contributed by atoms with E-state index in [4.69, 9.17) is 5.11 Å². The Labute approximate surface area is 115 Å². The number of rotatable bonds is 6. The highest BCUT2D eigenvalue weighted by molar-refractivity contribution is 5.75. The predicted octanol–water partition coefficient (Wildman–Crippen LogP) is 2.53. The molecule has 0 fully saturated rings. The van der Waals surface area contributed by atoms with E-state index >= 15 is 0 Å². The zero-order valence-corrected chi connectivity index (χ0v) is 12.5. The molecule has 0 radical (unpaired) electrons. The van der Waals surface area contributed by atoms with Crippen LogP contribution in [0.4, 0.5) is 4.79 Å². The highest BCUT2D eigenvalue weighted by Gasteiger charge is 2.22. The monoisotopic (exact) mass is 270 g/mol. The lowest BCUT2D eigenvalue weighted by atomic mass is 9.87. The van der Waals surface area contributed by atoms with Gasteiger partial charge in [-0.15, -0.1) is 0 Å². The highest BCUT2D eigenvalue weighted by Crippen LogP contribution is 2.22. The molecule has 0 saturated heterocycles. The Balaban J connectivity index is 4.34. The Hall–Kier alpha value is -1.52. The molecule has 0 spiro atoms. The van der Waals surface area contributed by atoms with Crippen LogP contribution in [0.1, 0.15) is 47.5 Å². The van der Waals surface area contributed by atoms with Crippen molar-refractivity contribution in [1.82, 2.24) is 10.6 Å². The number of hydrogen-bond donors (Lipinski definition) is 3. The molecular formula is C14H26N2O3. The number of urea groups is 1. The predicted molar refractivity (Wildman–Crippen MR) is 76.1 cm³/mol. The van der Waals surface area contributed by atoms with Crippen LogP contribution < -0.4 is 10.6 Å². The number of carboxylic acids is 1. The smallest absolute Gasteiger partial charge is 0.315 e. The normalized spacial score (nSPS) is 12.5. The Morgan fingerprint density at radius 1 is 1.26 bits per heavy atom. The Bertz CT molecular complexity index is 339. The molecule has 2 amide bonds. The van der Waals surface area contributed by atoms with E-state index in [9.17, 15) is 9.59 Å². The zero-order chi connectivity index (χ0) is 15.1. The molecule has 0 aliphatic rings. The van der Waals surface area contributed by atoms with Crippen molar-refractivity contribution in [3.05, 3.63) is 11.6 Å². The summed E-state index contributed by atoms with van der Waals surface area (Å²) in [4.78, 5) is 22.5. The van der Waals surface area contributed by atoms with Crippen LogP contribution in [0, 0.1) is 5.41 Å². The third kappa shape index (κ3) is 11.3. The lowest BCUT2D eigenvalue weighted by Crippen LogP contribution is -2.44. The minimum Gasteiger partial charge on any atom is -0.481 e. The topological polar surface area (TPSA) is 78.4 Å². The molecule has 0 aliphatic heterocycles. The van der Waals surface area contributed by atoms with Crippen LogP contribution in [-0.4, -0.2) is 29.7 Å². The molecule has 110 valence electrons. The van der Waals surface area contributed by atoms with Crippen molar-refractivity contribution >= 4 is 12.0 Å². The second kappa shape index (κ2) is 7.81. The minimum atomic E-state index is -0.904. The fourth-order valence-electron chi connectivity index (χ4n) is 1.71. The number of hydrogen-bond acceptors (Lipinski definition) is 2. The van der Waals surface area contributed by atoms with Gasteiger partial charge in [-0.05, 0) is 25.7 Å². The molecule has 0 heterocycles. The van der Waals surface area contributed by atoms with E-state index in [2.05, 4.69) is 10.6 Å². The Kier molecular flexibility index (Phi) is 7.19. The maximum Gasteiger partial charge on any atom is 0.315 e. The second-order valence-corrected chi connectivity index (χ2v) is 6.20. The standard InChI is InChI=1S/C14H26N2O3/c1-10(2)6-7-15-13(19)16-11(8-12(17)18)9-14(3,4)5/h6,11H,7-9H2,1-5H3,(H,17,18)(H2,15,16,19). The van der Waals surface area contributed by atoms with Crippen molar-refractivity contribution in [2.45, 2.75) is 53.5 Å². The number of carboxylic acid groups (broad SMARTS) is 1. The molecule has 0 saturated carbocycles. The van der Waals surface area contributed by atoms with Gasteiger partial charge in [-0.2, -0.15) is 0 Å². The molecule has 1 atom stereocenters. The SMILES string of the molecule is CC(C)=CCNC(=O)NC(CC(=O)O)CC(C)(C)C. The molecular weight excluding hydrogens is 244 g/mol. The first-order chi connectivity index (χ1) is 8.60. The average molecular weight is 270 g/mol. The number of amides is 2. The van der Waals surface area contributed by atoms with Crippen LogP contribution in [0.25, 0.3) is 0 Å². The van der Waals surface area contributed by atoms with Crippen LogP contribution >= 0.6 is 0 Å². The molecule has 5 heteroatoms. The summed E-state index contributed by atoms with van der Waals surface area (Å²) in [5.74, 6) is -0.904. The first-order valence-corrected chi connectivity index (χ1v) is 6.49. The molecule has 0 aromatic rings. The van der Waals surface area contributed by atoms with Crippen molar-refractivity contribution in [2.24, 2.45) is 5.41 Å². The molecule has 0 bridgehead atoms. The number of nitrogens with one attached hydrogen (secondary N) is 2. The van der Waals surface area contributed by atoms with Gasteiger partial charge in [-0.25, -0.2) is 4.79 Å². The summed E-state index contributed by atoms with van der Waals surface area (Å²) in [5.41, 5.74) is 1.09. The maximum atomic E-state index is 11.7. The maximum absolute atomic E-state index is 11.7. The molecule has 0 aliphatic carbocycles. The van der Waals surface area contributed by atoms with Crippen molar-refractivity contribution in [2.75, 3.05) is 6.54 Å². The van der Waals surface area contributed by atoms with E-state index in [1.54, 1.807) is 0 Å². The largest absolute Gasteiger partial charge is 0.481 e. The Morgan fingerprint density at radius 3 is 2.26 bits per heavy atom. The van der Waals surface area contributed by atoms with E-state index in [0.717, 1.165) is 5.57 Å². The molecule has 0 rings (SSSR count). The molecule has 5 nitrogen and oxygen atoms in total. The van der Waals surface area contributed by atoms with Gasteiger partial charge in [0.2, 0.25) is 0 Å². The summed E-state index contributed by atoms with van der Waals surface area (Å²) < 4.78 is 0. The third-order valence-corrected chi connectivity index (χ3v) is 2.39. The van der Waals surface area contributed by atoms with E-state index in [1.165, 1.54) is 0 Å². The quantitative estimate of drug-likeness (QED) is 0.649. The Morgan fingerprint density at radius 2 is 1.84 bits per heavy atom. The molecule has 19 heavy (non-hydrogen) atoms. The minimum absolute atomic E-state index is 0.0344. The van der Waals surface area contributed by atoms with Crippen LogP contribution in [0.15, 0.2) is 11.6 Å². The van der Waals surface area contributed by atoms with Crippen molar-refractivity contribution in [3.63, 3.8) is 0 Å². The molecule has 1 unspecified atom stereocenters. The summed E-state index contributed by atoms with van der Waals surface area (Å²) in [7, 11) is 0. The second-order valence-electron chi connectivity index (χ2n) is 6.20. The zero-order valence-electron chi connectivity index (χ0n) is 12.5. The van der Waals surface area contributed by atoms with E-state index in [-0.39, 0.29) is 23.9 Å². The van der Waals surface area contributed by atoms with Gasteiger partial charge in [0.15, 0.2) is 0 Å². The van der Waals surface area contributed by atoms with Gasteiger partial charge in [0.05, 0.1) is 6.42 Å². The number of allylic oxidation sites excluding steroid dienone is 1. The lowest BCUT2D eigenvalue weighted by molar-refractivity contribution is -0.137. The van der Waals surface area contributed by atoms with Crippen molar-refractivity contribution in [1.29, 1.82) is 0 Å². The van der Waals surface area contributed by atoms with Crippen LogP contribution in [0.5, 0.6) is 0 Å². The summed E-state index contributed by atoms with van der Waals surface area (Å²) in [6.45, 7) is 10.4. The van der Waals surface area contributed by atoms with Crippen molar-refractivity contribution in [3.8, 4) is 0 Å². The summed E-state index contributed by atoms with van der Waals surface area (Å²) in [5, 5.41) is 14.3. The van der Waals surface area contributed by atoms with Gasteiger partial charge in [0, 0.05) is 12.6 Å². The third-order valence-electron chi connectivity index (χ3n) is 2.39. The number of carbonyl (C=O) groups excluding carboxylic acids is 1.